The Bertz CT molecular complexity index is 201. The van der Waals surface area contributed by atoms with E-state index in [1.807, 2.05) is 6.92 Å². The van der Waals surface area contributed by atoms with E-state index in [-0.39, 0.29) is 11.9 Å². The highest BCUT2D eigenvalue weighted by Crippen LogP contribution is 2.01. The molecule has 1 N–H and O–H groups in total. The molecule has 1 unspecified atom stereocenters. The second-order valence-electron chi connectivity index (χ2n) is 2.69. The number of hydrogen-bond acceptors (Lipinski definition) is 3. The molecule has 1 amide bonds. The number of carbonyl (C=O) groups is 1. The van der Waals surface area contributed by atoms with Crippen LogP contribution >= 0.6 is 0 Å². The molecule has 12 heavy (non-hydrogen) atoms. The van der Waals surface area contributed by atoms with Crippen LogP contribution in [0.25, 0.3) is 0 Å². The van der Waals surface area contributed by atoms with Crippen LogP contribution in [0, 0.1) is 0 Å². The van der Waals surface area contributed by atoms with Gasteiger partial charge in [-0.1, -0.05) is 0 Å². The minimum absolute atomic E-state index is 0.0125. The zero-order chi connectivity index (χ0) is 8.97. The lowest BCUT2D eigenvalue weighted by atomic mass is 10.4. The summed E-state index contributed by atoms with van der Waals surface area (Å²) in [6, 6.07) is -0.221. The van der Waals surface area contributed by atoms with Crippen molar-refractivity contribution >= 4 is 11.7 Å². The standard InChI is InChI=1S/C8H14N2O2/c1-3-12-5-4-7-9-6(2)8(11)10-7/h6H,3-5H2,1-2H3,(H,9,10,11). The molecule has 0 saturated heterocycles. The van der Waals surface area contributed by atoms with Gasteiger partial charge in [0.15, 0.2) is 0 Å². The van der Waals surface area contributed by atoms with E-state index in [1.54, 1.807) is 6.92 Å². The topological polar surface area (TPSA) is 50.7 Å². The summed E-state index contributed by atoms with van der Waals surface area (Å²) in [5.74, 6) is 0.738. The fourth-order valence-electron chi connectivity index (χ4n) is 1.01. The van der Waals surface area contributed by atoms with Gasteiger partial charge in [-0.2, -0.15) is 0 Å². The van der Waals surface area contributed by atoms with Crippen LogP contribution in [0.4, 0.5) is 0 Å². The maximum absolute atomic E-state index is 11.0. The minimum atomic E-state index is -0.221. The molecular formula is C8H14N2O2. The summed E-state index contributed by atoms with van der Waals surface area (Å²) in [6.07, 6.45) is 0.698. The molecule has 4 heteroatoms. The van der Waals surface area contributed by atoms with Crippen molar-refractivity contribution in [2.24, 2.45) is 4.99 Å². The molecule has 4 nitrogen and oxygen atoms in total. The van der Waals surface area contributed by atoms with Gasteiger partial charge >= 0.3 is 0 Å². The Hall–Kier alpha value is -0.900. The van der Waals surface area contributed by atoms with Gasteiger partial charge in [0, 0.05) is 13.0 Å². The molecular weight excluding hydrogens is 156 g/mol. The molecule has 0 fully saturated rings. The molecule has 0 aromatic rings. The Kier molecular flexibility index (Phi) is 3.22. The summed E-state index contributed by atoms with van der Waals surface area (Å²) < 4.78 is 5.13. The van der Waals surface area contributed by atoms with Crippen LogP contribution in [0.15, 0.2) is 4.99 Å². The van der Waals surface area contributed by atoms with Crippen molar-refractivity contribution in [2.45, 2.75) is 26.3 Å². The SMILES string of the molecule is CCOCCC1=NC(C)C(=O)N1. The van der Waals surface area contributed by atoms with Crippen molar-refractivity contribution in [3.05, 3.63) is 0 Å². The number of hydrogen-bond donors (Lipinski definition) is 1. The van der Waals surface area contributed by atoms with E-state index in [0.717, 1.165) is 5.84 Å². The molecule has 1 heterocycles. The van der Waals surface area contributed by atoms with Crippen LogP contribution in [-0.4, -0.2) is 31.0 Å². The van der Waals surface area contributed by atoms with Crippen molar-refractivity contribution in [1.82, 2.24) is 5.32 Å². The largest absolute Gasteiger partial charge is 0.381 e. The van der Waals surface area contributed by atoms with Gasteiger partial charge in [-0.3, -0.25) is 9.79 Å². The zero-order valence-corrected chi connectivity index (χ0v) is 7.46. The maximum Gasteiger partial charge on any atom is 0.249 e. The van der Waals surface area contributed by atoms with E-state index in [1.165, 1.54) is 0 Å². The Morgan fingerprint density at radius 2 is 2.42 bits per heavy atom. The van der Waals surface area contributed by atoms with Crippen LogP contribution in [0.5, 0.6) is 0 Å². The van der Waals surface area contributed by atoms with Gasteiger partial charge < -0.3 is 10.1 Å². The molecule has 1 aliphatic rings. The third-order valence-corrected chi connectivity index (χ3v) is 1.68. The number of nitrogens with one attached hydrogen (secondary N) is 1. The van der Waals surface area contributed by atoms with Gasteiger partial charge in [0.25, 0.3) is 0 Å². The molecule has 1 atom stereocenters. The van der Waals surface area contributed by atoms with E-state index in [0.29, 0.717) is 19.6 Å². The number of nitrogens with zero attached hydrogens (tertiary/aromatic N) is 1. The van der Waals surface area contributed by atoms with E-state index >= 15 is 0 Å². The monoisotopic (exact) mass is 170 g/mol. The van der Waals surface area contributed by atoms with Crippen LogP contribution in [0.1, 0.15) is 20.3 Å². The lowest BCUT2D eigenvalue weighted by Crippen LogP contribution is -2.28. The molecule has 68 valence electrons. The molecule has 0 radical (unpaired) electrons. The lowest BCUT2D eigenvalue weighted by molar-refractivity contribution is -0.119. The molecule has 1 aliphatic heterocycles. The first-order valence-electron chi connectivity index (χ1n) is 4.19. The van der Waals surface area contributed by atoms with Crippen molar-refractivity contribution in [3.8, 4) is 0 Å². The first-order valence-corrected chi connectivity index (χ1v) is 4.19. The first-order chi connectivity index (χ1) is 5.74. The minimum Gasteiger partial charge on any atom is -0.381 e. The predicted octanol–water partition coefficient (Wildman–Crippen LogP) is 0.330. The highest BCUT2D eigenvalue weighted by Gasteiger charge is 2.20. The zero-order valence-electron chi connectivity index (χ0n) is 7.46. The summed E-state index contributed by atoms with van der Waals surface area (Å²) >= 11 is 0. The summed E-state index contributed by atoms with van der Waals surface area (Å²) in [5.41, 5.74) is 0. The third kappa shape index (κ3) is 2.30. The number of rotatable bonds is 4. The van der Waals surface area contributed by atoms with Gasteiger partial charge in [-0.15, -0.1) is 0 Å². The maximum atomic E-state index is 11.0. The predicted molar refractivity (Wildman–Crippen MR) is 46.1 cm³/mol. The van der Waals surface area contributed by atoms with Gasteiger partial charge in [0.1, 0.15) is 11.9 Å². The Morgan fingerprint density at radius 3 is 2.92 bits per heavy atom. The molecule has 0 aromatic heterocycles. The van der Waals surface area contributed by atoms with Crippen LogP contribution in [0.3, 0.4) is 0 Å². The van der Waals surface area contributed by atoms with Crippen LogP contribution in [0.2, 0.25) is 0 Å². The van der Waals surface area contributed by atoms with Gasteiger partial charge in [-0.05, 0) is 13.8 Å². The molecule has 1 rings (SSSR count). The van der Waals surface area contributed by atoms with Crippen LogP contribution in [-0.2, 0) is 9.53 Å². The number of carbonyl (C=O) groups excluding carboxylic acids is 1. The molecule has 0 spiro atoms. The average molecular weight is 170 g/mol. The smallest absolute Gasteiger partial charge is 0.249 e. The number of ether oxygens (including phenoxy) is 1. The average Bonchev–Trinajstić information content (AvgIpc) is 2.32. The number of aliphatic imine (C=N–C) groups is 1. The Balaban J connectivity index is 2.26. The van der Waals surface area contributed by atoms with Crippen molar-refractivity contribution in [1.29, 1.82) is 0 Å². The highest BCUT2D eigenvalue weighted by molar-refractivity contribution is 6.05. The second-order valence-corrected chi connectivity index (χ2v) is 2.69. The summed E-state index contributed by atoms with van der Waals surface area (Å²) in [4.78, 5) is 15.1. The second kappa shape index (κ2) is 4.21. The Morgan fingerprint density at radius 1 is 1.67 bits per heavy atom. The summed E-state index contributed by atoms with van der Waals surface area (Å²) in [7, 11) is 0. The van der Waals surface area contributed by atoms with Crippen molar-refractivity contribution in [2.75, 3.05) is 13.2 Å². The lowest BCUT2D eigenvalue weighted by Gasteiger charge is -2.00. The number of amidine groups is 1. The van der Waals surface area contributed by atoms with E-state index in [4.69, 9.17) is 4.74 Å². The number of amides is 1. The van der Waals surface area contributed by atoms with E-state index < -0.39 is 0 Å². The van der Waals surface area contributed by atoms with Gasteiger partial charge in [-0.25, -0.2) is 0 Å². The first kappa shape index (κ1) is 9.19. The normalized spacial score (nSPS) is 22.3. The van der Waals surface area contributed by atoms with Gasteiger partial charge in [0.2, 0.25) is 5.91 Å². The van der Waals surface area contributed by atoms with Crippen molar-refractivity contribution in [3.63, 3.8) is 0 Å². The van der Waals surface area contributed by atoms with E-state index in [2.05, 4.69) is 10.3 Å². The molecule has 0 aliphatic carbocycles. The molecule has 0 bridgehead atoms. The third-order valence-electron chi connectivity index (χ3n) is 1.68. The van der Waals surface area contributed by atoms with Crippen molar-refractivity contribution < 1.29 is 9.53 Å². The highest BCUT2D eigenvalue weighted by atomic mass is 16.5. The summed E-state index contributed by atoms with van der Waals surface area (Å²) in [5, 5.41) is 2.69. The van der Waals surface area contributed by atoms with Gasteiger partial charge in [0.05, 0.1) is 6.61 Å². The van der Waals surface area contributed by atoms with E-state index in [9.17, 15) is 4.79 Å². The summed E-state index contributed by atoms with van der Waals surface area (Å²) in [6.45, 7) is 5.06. The molecule has 0 saturated carbocycles. The van der Waals surface area contributed by atoms with Crippen LogP contribution < -0.4 is 5.32 Å². The Labute approximate surface area is 72.0 Å². The molecule has 0 aromatic carbocycles. The fourth-order valence-corrected chi connectivity index (χ4v) is 1.01. The quantitative estimate of drug-likeness (QED) is 0.618. The fraction of sp³-hybridized carbons (Fsp3) is 0.750.